The molecule has 1 aromatic carbocycles. The maximum absolute atomic E-state index is 11.1. The van der Waals surface area contributed by atoms with Crippen LogP contribution in [0.4, 0.5) is 11.7 Å². The van der Waals surface area contributed by atoms with Crippen molar-refractivity contribution < 1.29 is 8.63 Å². The maximum Gasteiger partial charge on any atom is 0.296 e. The van der Waals surface area contributed by atoms with Crippen LogP contribution in [0.1, 0.15) is 6.92 Å². The molecular weight excluding hydrogens is 238 g/mol. The Labute approximate surface area is 102 Å². The van der Waals surface area contributed by atoms with Gasteiger partial charge in [-0.2, -0.15) is 4.98 Å². The number of nitrogens with zero attached hydrogens (tertiary/aromatic N) is 1. The van der Waals surface area contributed by atoms with Crippen LogP contribution < -0.4 is 11.1 Å². The molecule has 0 bridgehead atoms. The van der Waals surface area contributed by atoms with E-state index >= 15 is 0 Å². The van der Waals surface area contributed by atoms with Gasteiger partial charge in [0.05, 0.1) is 5.69 Å². The number of para-hydroxylation sites is 1. The number of hydrogen-bond donors (Lipinski definition) is 2. The van der Waals surface area contributed by atoms with Gasteiger partial charge in [0.2, 0.25) is 0 Å². The van der Waals surface area contributed by atoms with Gasteiger partial charge in [-0.1, -0.05) is 6.07 Å². The Morgan fingerprint density at radius 1 is 1.59 bits per heavy atom. The summed E-state index contributed by atoms with van der Waals surface area (Å²) in [5, 5.41) is 3.06. The third-order valence-corrected chi connectivity index (χ3v) is 3.27. The van der Waals surface area contributed by atoms with Crippen molar-refractivity contribution in [1.82, 2.24) is 4.98 Å². The number of anilines is 2. The number of nitrogen functional groups attached to an aromatic ring is 1. The molecule has 92 valence electrons. The molecule has 0 amide bonds. The molecular formula is C11H15N3O2S. The predicted octanol–water partition coefficient (Wildman–Crippen LogP) is 1.59. The van der Waals surface area contributed by atoms with E-state index in [0.29, 0.717) is 28.6 Å². The van der Waals surface area contributed by atoms with Gasteiger partial charge in [0, 0.05) is 28.9 Å². The number of nitrogens with two attached hydrogens (primary N) is 1. The minimum atomic E-state index is -0.848. The first-order valence-electron chi connectivity index (χ1n) is 5.28. The number of rotatable bonds is 4. The highest BCUT2D eigenvalue weighted by atomic mass is 32.2. The first kappa shape index (κ1) is 11.9. The molecule has 0 radical (unpaired) electrons. The average molecular weight is 253 g/mol. The van der Waals surface area contributed by atoms with Crippen LogP contribution in [0.25, 0.3) is 11.1 Å². The van der Waals surface area contributed by atoms with E-state index in [9.17, 15) is 4.21 Å². The minimum Gasteiger partial charge on any atom is -0.423 e. The standard InChI is InChI=1S/C11H15N3O2S/c1-7(6-17(2)15)13-11-14-10-8(12)4-3-5-9(10)16-11/h3-5,7H,6,12H2,1-2H3,(H,13,14). The third-order valence-electron chi connectivity index (χ3n) is 2.30. The summed E-state index contributed by atoms with van der Waals surface area (Å²) in [7, 11) is -0.848. The Morgan fingerprint density at radius 3 is 3.00 bits per heavy atom. The van der Waals surface area contributed by atoms with Crippen molar-refractivity contribution >= 4 is 33.6 Å². The van der Waals surface area contributed by atoms with Crippen LogP contribution in [0.3, 0.4) is 0 Å². The second kappa shape index (κ2) is 4.75. The van der Waals surface area contributed by atoms with Gasteiger partial charge in [0.15, 0.2) is 5.58 Å². The highest BCUT2D eigenvalue weighted by molar-refractivity contribution is 7.84. The molecule has 0 aliphatic carbocycles. The summed E-state index contributed by atoms with van der Waals surface area (Å²) in [6.45, 7) is 1.93. The summed E-state index contributed by atoms with van der Waals surface area (Å²) in [6.07, 6.45) is 1.67. The number of oxazole rings is 1. The number of fused-ring (bicyclic) bond motifs is 1. The lowest BCUT2D eigenvalue weighted by atomic mass is 10.3. The van der Waals surface area contributed by atoms with E-state index in [0.717, 1.165) is 0 Å². The Balaban J connectivity index is 2.20. The summed E-state index contributed by atoms with van der Waals surface area (Å²) in [5.74, 6) is 0.550. The molecule has 0 fully saturated rings. The van der Waals surface area contributed by atoms with Crippen LogP contribution in [0, 0.1) is 0 Å². The van der Waals surface area contributed by atoms with Gasteiger partial charge >= 0.3 is 0 Å². The molecule has 2 atom stereocenters. The number of benzene rings is 1. The molecule has 0 saturated carbocycles. The van der Waals surface area contributed by atoms with Gasteiger partial charge < -0.3 is 15.5 Å². The van der Waals surface area contributed by atoms with Crippen molar-refractivity contribution in [2.75, 3.05) is 23.1 Å². The molecule has 2 unspecified atom stereocenters. The highest BCUT2D eigenvalue weighted by Crippen LogP contribution is 2.23. The fourth-order valence-electron chi connectivity index (χ4n) is 1.64. The van der Waals surface area contributed by atoms with Crippen LogP contribution in [0.15, 0.2) is 22.6 Å². The van der Waals surface area contributed by atoms with Crippen LogP contribution >= 0.6 is 0 Å². The first-order valence-corrected chi connectivity index (χ1v) is 7.00. The Bertz CT molecular complexity index is 553. The monoisotopic (exact) mass is 253 g/mol. The molecule has 3 N–H and O–H groups in total. The minimum absolute atomic E-state index is 0.0371. The Hall–Kier alpha value is -1.56. The van der Waals surface area contributed by atoms with Crippen LogP contribution in [0.2, 0.25) is 0 Å². The third kappa shape index (κ3) is 2.76. The van der Waals surface area contributed by atoms with E-state index in [1.165, 1.54) is 0 Å². The lowest BCUT2D eigenvalue weighted by Gasteiger charge is -2.09. The molecule has 5 nitrogen and oxygen atoms in total. The van der Waals surface area contributed by atoms with Gasteiger partial charge in [-0.25, -0.2) is 0 Å². The maximum atomic E-state index is 11.1. The number of hydrogen-bond acceptors (Lipinski definition) is 5. The average Bonchev–Trinajstić information content (AvgIpc) is 2.60. The molecule has 2 rings (SSSR count). The lowest BCUT2D eigenvalue weighted by Crippen LogP contribution is -2.22. The SMILES string of the molecule is CC(CS(C)=O)Nc1nc2c(N)cccc2o1. The van der Waals surface area contributed by atoms with E-state index in [4.69, 9.17) is 10.2 Å². The smallest absolute Gasteiger partial charge is 0.296 e. The fraction of sp³-hybridized carbons (Fsp3) is 0.364. The zero-order valence-corrected chi connectivity index (χ0v) is 10.6. The predicted molar refractivity (Wildman–Crippen MR) is 70.4 cm³/mol. The van der Waals surface area contributed by atoms with Crippen molar-refractivity contribution in [3.05, 3.63) is 18.2 Å². The summed E-state index contributed by atoms with van der Waals surface area (Å²) in [4.78, 5) is 4.26. The summed E-state index contributed by atoms with van der Waals surface area (Å²) < 4.78 is 16.6. The zero-order chi connectivity index (χ0) is 12.4. The van der Waals surface area contributed by atoms with Crippen molar-refractivity contribution in [2.24, 2.45) is 0 Å². The lowest BCUT2D eigenvalue weighted by molar-refractivity contribution is 0.605. The molecule has 1 aromatic heterocycles. The quantitative estimate of drug-likeness (QED) is 0.809. The van der Waals surface area contributed by atoms with Crippen molar-refractivity contribution in [3.63, 3.8) is 0 Å². The fourth-order valence-corrected chi connectivity index (χ4v) is 2.42. The largest absolute Gasteiger partial charge is 0.423 e. The molecule has 0 saturated heterocycles. The van der Waals surface area contributed by atoms with E-state index in [-0.39, 0.29) is 6.04 Å². The second-order valence-corrected chi connectivity index (χ2v) is 5.48. The first-order chi connectivity index (χ1) is 8.06. The van der Waals surface area contributed by atoms with Gasteiger partial charge in [0.1, 0.15) is 5.52 Å². The highest BCUT2D eigenvalue weighted by Gasteiger charge is 2.11. The molecule has 6 heteroatoms. The van der Waals surface area contributed by atoms with Crippen LogP contribution in [0.5, 0.6) is 0 Å². The topological polar surface area (TPSA) is 81.2 Å². The van der Waals surface area contributed by atoms with Crippen molar-refractivity contribution in [3.8, 4) is 0 Å². The van der Waals surface area contributed by atoms with Gasteiger partial charge in [-0.15, -0.1) is 0 Å². The normalized spacial score (nSPS) is 14.7. The Kier molecular flexibility index (Phi) is 3.33. The number of nitrogens with one attached hydrogen (secondary N) is 1. The van der Waals surface area contributed by atoms with E-state index in [1.54, 1.807) is 12.3 Å². The molecule has 0 spiro atoms. The second-order valence-electron chi connectivity index (χ2n) is 4.00. The molecule has 0 aliphatic rings. The zero-order valence-electron chi connectivity index (χ0n) is 9.77. The summed E-state index contributed by atoms with van der Waals surface area (Å²) in [6, 6.07) is 5.86. The van der Waals surface area contributed by atoms with Crippen LogP contribution in [-0.2, 0) is 10.8 Å². The van der Waals surface area contributed by atoms with Gasteiger partial charge in [0.25, 0.3) is 6.01 Å². The van der Waals surface area contributed by atoms with E-state index in [2.05, 4.69) is 10.3 Å². The van der Waals surface area contributed by atoms with Crippen LogP contribution in [-0.4, -0.2) is 27.2 Å². The molecule has 17 heavy (non-hydrogen) atoms. The van der Waals surface area contributed by atoms with Crippen molar-refractivity contribution in [2.45, 2.75) is 13.0 Å². The molecule has 0 aliphatic heterocycles. The number of aromatic nitrogens is 1. The summed E-state index contributed by atoms with van der Waals surface area (Å²) in [5.41, 5.74) is 7.67. The summed E-state index contributed by atoms with van der Waals surface area (Å²) >= 11 is 0. The van der Waals surface area contributed by atoms with E-state index in [1.807, 2.05) is 19.1 Å². The van der Waals surface area contributed by atoms with Crippen molar-refractivity contribution in [1.29, 1.82) is 0 Å². The molecule has 2 aromatic rings. The van der Waals surface area contributed by atoms with Gasteiger partial charge in [-0.3, -0.25) is 4.21 Å². The van der Waals surface area contributed by atoms with Gasteiger partial charge in [-0.05, 0) is 19.1 Å². The Morgan fingerprint density at radius 2 is 2.35 bits per heavy atom. The van der Waals surface area contributed by atoms with E-state index < -0.39 is 10.8 Å². The molecule has 1 heterocycles.